The number of carboxylic acids is 1. The minimum Gasteiger partial charge on any atom is -0.480 e. The molecular weight excluding hydrogens is 272 g/mol. The van der Waals surface area contributed by atoms with E-state index in [0.29, 0.717) is 6.54 Å². The van der Waals surface area contributed by atoms with E-state index in [1.165, 1.54) is 0 Å². The number of ether oxygens (including phenoxy) is 1. The Balaban J connectivity index is 1.62. The van der Waals surface area contributed by atoms with Crippen molar-refractivity contribution in [3.63, 3.8) is 0 Å². The first kappa shape index (κ1) is 15.5. The van der Waals surface area contributed by atoms with Crippen LogP contribution in [0.15, 0.2) is 30.3 Å². The second-order valence-electron chi connectivity index (χ2n) is 5.14. The molecule has 0 bridgehead atoms. The van der Waals surface area contributed by atoms with Gasteiger partial charge in [-0.05, 0) is 12.0 Å². The topological polar surface area (TPSA) is 78.9 Å². The molecule has 1 heterocycles. The van der Waals surface area contributed by atoms with Crippen LogP contribution in [0.25, 0.3) is 0 Å². The van der Waals surface area contributed by atoms with Gasteiger partial charge in [-0.2, -0.15) is 0 Å². The average Bonchev–Trinajstić information content (AvgIpc) is 2.91. The molecule has 0 radical (unpaired) electrons. The van der Waals surface area contributed by atoms with Gasteiger partial charge >= 0.3 is 11.9 Å². The molecule has 1 fully saturated rings. The molecule has 1 aromatic carbocycles. The van der Waals surface area contributed by atoms with Gasteiger partial charge in [-0.3, -0.25) is 14.5 Å². The van der Waals surface area contributed by atoms with E-state index in [0.717, 1.165) is 18.5 Å². The van der Waals surface area contributed by atoms with Crippen LogP contribution >= 0.6 is 0 Å². The quantitative estimate of drug-likeness (QED) is 0.712. The Labute approximate surface area is 123 Å². The number of likely N-dealkylation sites (tertiary alicyclic amines) is 1. The van der Waals surface area contributed by atoms with Gasteiger partial charge in [-0.15, -0.1) is 0 Å². The van der Waals surface area contributed by atoms with Crippen LogP contribution < -0.4 is 5.32 Å². The van der Waals surface area contributed by atoms with E-state index in [1.54, 1.807) is 0 Å². The van der Waals surface area contributed by atoms with E-state index in [1.807, 2.05) is 35.2 Å². The van der Waals surface area contributed by atoms with Crippen LogP contribution in [0.1, 0.15) is 12.0 Å². The molecule has 21 heavy (non-hydrogen) atoms. The Hall–Kier alpha value is -1.92. The number of esters is 1. The normalized spacial score (nSPS) is 18.6. The highest BCUT2D eigenvalue weighted by atomic mass is 16.5. The molecule has 0 amide bonds. The summed E-state index contributed by atoms with van der Waals surface area (Å²) in [5.74, 6) is -1.12. The number of benzene rings is 1. The van der Waals surface area contributed by atoms with Gasteiger partial charge in [0.05, 0.1) is 13.1 Å². The third-order valence-corrected chi connectivity index (χ3v) is 3.41. The average molecular weight is 292 g/mol. The van der Waals surface area contributed by atoms with Crippen LogP contribution in [0.3, 0.4) is 0 Å². The van der Waals surface area contributed by atoms with Crippen molar-refractivity contribution in [3.05, 3.63) is 35.9 Å². The molecule has 1 atom stereocenters. The fourth-order valence-corrected chi connectivity index (χ4v) is 2.35. The lowest BCUT2D eigenvalue weighted by Gasteiger charge is -2.14. The maximum atomic E-state index is 11.6. The highest BCUT2D eigenvalue weighted by molar-refractivity contribution is 5.71. The zero-order valence-electron chi connectivity index (χ0n) is 11.8. The van der Waals surface area contributed by atoms with Gasteiger partial charge in [-0.25, -0.2) is 0 Å². The predicted molar refractivity (Wildman–Crippen MR) is 76.7 cm³/mol. The maximum Gasteiger partial charge on any atom is 0.320 e. The van der Waals surface area contributed by atoms with Crippen molar-refractivity contribution in [3.8, 4) is 0 Å². The Bertz CT molecular complexity index is 478. The third-order valence-electron chi connectivity index (χ3n) is 3.41. The maximum absolute atomic E-state index is 11.6. The minimum absolute atomic E-state index is 0.0522. The van der Waals surface area contributed by atoms with Gasteiger partial charge in [0.25, 0.3) is 0 Å². The van der Waals surface area contributed by atoms with E-state index in [-0.39, 0.29) is 31.7 Å². The molecular formula is C15H20N2O4. The summed E-state index contributed by atoms with van der Waals surface area (Å²) >= 11 is 0. The minimum atomic E-state index is -0.821. The van der Waals surface area contributed by atoms with Crippen molar-refractivity contribution in [1.82, 2.24) is 10.2 Å². The van der Waals surface area contributed by atoms with Crippen molar-refractivity contribution < 1.29 is 19.4 Å². The summed E-state index contributed by atoms with van der Waals surface area (Å²) in [6.45, 7) is 1.87. The number of carboxylic acid groups (broad SMARTS) is 1. The molecule has 0 aliphatic carbocycles. The molecule has 1 aliphatic rings. The van der Waals surface area contributed by atoms with E-state index in [9.17, 15) is 9.59 Å². The van der Waals surface area contributed by atoms with Crippen molar-refractivity contribution in [1.29, 1.82) is 0 Å². The zero-order valence-corrected chi connectivity index (χ0v) is 11.8. The monoisotopic (exact) mass is 292 g/mol. The van der Waals surface area contributed by atoms with Crippen molar-refractivity contribution in [2.24, 2.45) is 0 Å². The number of nitrogens with one attached hydrogen (secondary N) is 1. The largest absolute Gasteiger partial charge is 0.480 e. The van der Waals surface area contributed by atoms with Crippen LogP contribution in [0, 0.1) is 0 Å². The number of hydrogen-bond acceptors (Lipinski definition) is 5. The van der Waals surface area contributed by atoms with Gasteiger partial charge in [0.15, 0.2) is 0 Å². The number of aliphatic carboxylic acids is 1. The van der Waals surface area contributed by atoms with Crippen molar-refractivity contribution >= 4 is 11.9 Å². The van der Waals surface area contributed by atoms with Gasteiger partial charge in [0.1, 0.15) is 6.61 Å². The molecule has 0 spiro atoms. The fourth-order valence-electron chi connectivity index (χ4n) is 2.35. The molecule has 1 saturated heterocycles. The predicted octanol–water partition coefficient (Wildman–Crippen LogP) is 0.478. The highest BCUT2D eigenvalue weighted by Crippen LogP contribution is 2.08. The molecule has 0 aromatic heterocycles. The van der Waals surface area contributed by atoms with E-state index in [2.05, 4.69) is 5.32 Å². The second-order valence-corrected chi connectivity index (χ2v) is 5.14. The van der Waals surface area contributed by atoms with E-state index in [4.69, 9.17) is 9.84 Å². The molecule has 2 N–H and O–H groups in total. The lowest BCUT2D eigenvalue weighted by molar-refractivity contribution is -0.144. The summed E-state index contributed by atoms with van der Waals surface area (Å²) in [7, 11) is 0. The van der Waals surface area contributed by atoms with E-state index >= 15 is 0 Å². The third kappa shape index (κ3) is 5.53. The Morgan fingerprint density at radius 2 is 2.10 bits per heavy atom. The highest BCUT2D eigenvalue weighted by Gasteiger charge is 2.24. The number of rotatable bonds is 7. The lowest BCUT2D eigenvalue weighted by Crippen LogP contribution is -2.37. The molecule has 114 valence electrons. The molecule has 1 unspecified atom stereocenters. The van der Waals surface area contributed by atoms with Crippen molar-refractivity contribution in [2.45, 2.75) is 19.1 Å². The number of carbonyl (C=O) groups excluding carboxylic acids is 1. The lowest BCUT2D eigenvalue weighted by atomic mass is 10.2. The fraction of sp³-hybridized carbons (Fsp3) is 0.467. The first-order valence-electron chi connectivity index (χ1n) is 7.00. The summed E-state index contributed by atoms with van der Waals surface area (Å²) in [6.07, 6.45) is 0.846. The van der Waals surface area contributed by atoms with Crippen LogP contribution in [0.5, 0.6) is 0 Å². The number of carbonyl (C=O) groups is 2. The van der Waals surface area contributed by atoms with Gasteiger partial charge in [0.2, 0.25) is 0 Å². The smallest absolute Gasteiger partial charge is 0.320 e. The summed E-state index contributed by atoms with van der Waals surface area (Å²) in [5.41, 5.74) is 0.958. The molecule has 0 saturated carbocycles. The number of nitrogens with zero attached hydrogens (tertiary/aromatic N) is 1. The Morgan fingerprint density at radius 1 is 1.33 bits per heavy atom. The van der Waals surface area contributed by atoms with Crippen LogP contribution in [-0.2, 0) is 20.9 Å². The second kappa shape index (κ2) is 7.75. The Kier molecular flexibility index (Phi) is 5.71. The number of hydrogen-bond donors (Lipinski definition) is 2. The van der Waals surface area contributed by atoms with Gasteiger partial charge in [0, 0.05) is 19.1 Å². The SMILES string of the molecule is O=C(O)CN1CCC(NCC(=O)OCc2ccccc2)C1. The molecule has 2 rings (SSSR count). The Morgan fingerprint density at radius 3 is 2.81 bits per heavy atom. The van der Waals surface area contributed by atoms with Crippen LogP contribution in [0.2, 0.25) is 0 Å². The summed E-state index contributed by atoms with van der Waals surface area (Å²) in [4.78, 5) is 24.1. The first-order valence-corrected chi connectivity index (χ1v) is 7.00. The van der Waals surface area contributed by atoms with Crippen LogP contribution in [-0.4, -0.2) is 54.2 Å². The molecule has 6 nitrogen and oxygen atoms in total. The molecule has 1 aromatic rings. The van der Waals surface area contributed by atoms with Gasteiger partial charge < -0.3 is 15.2 Å². The summed E-state index contributed by atoms with van der Waals surface area (Å²) in [5, 5.41) is 11.8. The molecule has 6 heteroatoms. The summed E-state index contributed by atoms with van der Waals surface area (Å²) in [6, 6.07) is 9.67. The first-order chi connectivity index (χ1) is 10.1. The standard InChI is InChI=1S/C15H20N2O4/c18-14(19)10-17-7-6-13(9-17)16-8-15(20)21-11-12-4-2-1-3-5-12/h1-5,13,16H,6-11H2,(H,18,19). The van der Waals surface area contributed by atoms with E-state index < -0.39 is 5.97 Å². The zero-order chi connectivity index (χ0) is 15.1. The molecule has 1 aliphatic heterocycles. The van der Waals surface area contributed by atoms with Crippen molar-refractivity contribution in [2.75, 3.05) is 26.2 Å². The summed E-state index contributed by atoms with van der Waals surface area (Å²) < 4.78 is 5.17. The van der Waals surface area contributed by atoms with Gasteiger partial charge in [-0.1, -0.05) is 30.3 Å². The van der Waals surface area contributed by atoms with Crippen LogP contribution in [0.4, 0.5) is 0 Å².